The normalized spacial score (nSPS) is 11.2. The molecule has 6 rings (SSSR count). The van der Waals surface area contributed by atoms with E-state index >= 15 is 0 Å². The number of carbonyl (C=O) groups excluding carboxylic acids is 2. The molecule has 11 nitrogen and oxygen atoms in total. The average molecular weight is 590 g/mol. The molecule has 0 saturated carbocycles. The fourth-order valence-corrected chi connectivity index (χ4v) is 5.51. The molecule has 0 unspecified atom stereocenters. The first-order chi connectivity index (χ1) is 21.1. The number of hydrogen-bond donors (Lipinski definition) is 2. The predicted molar refractivity (Wildman–Crippen MR) is 169 cm³/mol. The lowest BCUT2D eigenvalue weighted by molar-refractivity contribution is 0.101. The molecule has 44 heavy (non-hydrogen) atoms. The molecule has 2 N–H and O–H groups in total. The van der Waals surface area contributed by atoms with E-state index in [0.717, 1.165) is 22.2 Å². The van der Waals surface area contributed by atoms with Crippen molar-refractivity contribution in [1.29, 1.82) is 0 Å². The molecular weight excluding hydrogens is 558 g/mol. The number of fused-ring (bicyclic) bond motifs is 1. The van der Waals surface area contributed by atoms with Crippen LogP contribution < -0.4 is 16.2 Å². The maximum Gasteiger partial charge on any atom is 0.290 e. The lowest BCUT2D eigenvalue weighted by Gasteiger charge is -2.12. The molecule has 0 saturated heterocycles. The number of nitrogens with zero attached hydrogens (tertiary/aromatic N) is 5. The third-order valence-electron chi connectivity index (χ3n) is 7.48. The summed E-state index contributed by atoms with van der Waals surface area (Å²) in [6.07, 6.45) is 3.26. The molecule has 2 aromatic carbocycles. The van der Waals surface area contributed by atoms with Crippen molar-refractivity contribution in [3.8, 4) is 22.4 Å². The van der Waals surface area contributed by atoms with E-state index in [-0.39, 0.29) is 23.1 Å². The Hall–Kier alpha value is -5.71. The minimum absolute atomic E-state index is 0.185. The average Bonchev–Trinajstić information content (AvgIpc) is 3.66. The molecule has 0 radical (unpaired) electrons. The molecule has 2 amide bonds. The van der Waals surface area contributed by atoms with Gasteiger partial charge < -0.3 is 19.7 Å². The zero-order chi connectivity index (χ0) is 31.1. The summed E-state index contributed by atoms with van der Waals surface area (Å²) in [6.45, 7) is 6.23. The van der Waals surface area contributed by atoms with Crippen molar-refractivity contribution in [3.05, 3.63) is 106 Å². The number of pyridine rings is 1. The summed E-state index contributed by atoms with van der Waals surface area (Å²) in [6, 6.07) is 18.5. The van der Waals surface area contributed by atoms with E-state index < -0.39 is 0 Å². The quantitative estimate of drug-likeness (QED) is 0.252. The molecule has 0 atom stereocenters. The number of aromatic nitrogens is 5. The van der Waals surface area contributed by atoms with Gasteiger partial charge >= 0.3 is 0 Å². The van der Waals surface area contributed by atoms with Crippen LogP contribution in [0.4, 0.5) is 11.4 Å². The van der Waals surface area contributed by atoms with Crippen LogP contribution in [0.5, 0.6) is 0 Å². The zero-order valence-corrected chi connectivity index (χ0v) is 25.0. The first kappa shape index (κ1) is 28.4. The second-order valence-electron chi connectivity index (χ2n) is 10.6. The van der Waals surface area contributed by atoms with Crippen LogP contribution in [-0.2, 0) is 20.6 Å². The molecule has 222 valence electrons. The maximum absolute atomic E-state index is 13.7. The van der Waals surface area contributed by atoms with Crippen molar-refractivity contribution in [2.24, 2.45) is 14.1 Å². The van der Waals surface area contributed by atoms with Crippen molar-refractivity contribution in [2.75, 3.05) is 10.6 Å². The highest BCUT2D eigenvalue weighted by Crippen LogP contribution is 2.32. The molecule has 0 bridgehead atoms. The van der Waals surface area contributed by atoms with Gasteiger partial charge in [-0.2, -0.15) is 9.84 Å². The molecule has 0 aliphatic heterocycles. The van der Waals surface area contributed by atoms with Crippen molar-refractivity contribution in [2.45, 2.75) is 27.3 Å². The minimum atomic E-state index is -0.385. The second kappa shape index (κ2) is 11.2. The van der Waals surface area contributed by atoms with Gasteiger partial charge in [0, 0.05) is 54.9 Å². The van der Waals surface area contributed by atoms with Crippen LogP contribution in [0.15, 0.2) is 82.4 Å². The van der Waals surface area contributed by atoms with Crippen molar-refractivity contribution < 1.29 is 14.1 Å². The lowest BCUT2D eigenvalue weighted by atomic mass is 10.0. The Kier molecular flexibility index (Phi) is 7.22. The fourth-order valence-electron chi connectivity index (χ4n) is 5.51. The van der Waals surface area contributed by atoms with Gasteiger partial charge in [0.15, 0.2) is 5.69 Å². The molecule has 0 aliphatic rings. The number of nitrogens with one attached hydrogen (secondary N) is 2. The second-order valence-corrected chi connectivity index (χ2v) is 10.6. The Bertz CT molecular complexity index is 2110. The van der Waals surface area contributed by atoms with Crippen molar-refractivity contribution in [1.82, 2.24) is 24.1 Å². The van der Waals surface area contributed by atoms with E-state index in [0.29, 0.717) is 46.0 Å². The SMILES string of the molecule is CCn1c(-c2ccc(-c3c(C)on(C)c3=O)cc2)cc2cc(C)nc(C(=O)Nc3cccc(C(=O)Nc4cnn(C)c4)c3)c21. The lowest BCUT2D eigenvalue weighted by Crippen LogP contribution is -2.17. The summed E-state index contributed by atoms with van der Waals surface area (Å²) < 4.78 is 10.3. The van der Waals surface area contributed by atoms with E-state index in [9.17, 15) is 14.4 Å². The number of aryl methyl sites for hydroxylation is 5. The highest BCUT2D eigenvalue weighted by atomic mass is 16.5. The van der Waals surface area contributed by atoms with Gasteiger partial charge in [-0.15, -0.1) is 0 Å². The largest absolute Gasteiger partial charge is 0.381 e. The van der Waals surface area contributed by atoms with Crippen LogP contribution in [0.1, 0.15) is 39.2 Å². The molecule has 4 heterocycles. The highest BCUT2D eigenvalue weighted by Gasteiger charge is 2.21. The summed E-state index contributed by atoms with van der Waals surface area (Å²) in [5, 5.41) is 10.7. The summed E-state index contributed by atoms with van der Waals surface area (Å²) in [7, 11) is 3.36. The van der Waals surface area contributed by atoms with Gasteiger partial charge in [0.25, 0.3) is 17.4 Å². The van der Waals surface area contributed by atoms with Gasteiger partial charge in [0.2, 0.25) is 0 Å². The van der Waals surface area contributed by atoms with E-state index in [1.54, 1.807) is 62.4 Å². The Labute approximate surface area is 252 Å². The van der Waals surface area contributed by atoms with Crippen molar-refractivity contribution >= 4 is 34.1 Å². The van der Waals surface area contributed by atoms with Crippen LogP contribution in [0.3, 0.4) is 0 Å². The Morgan fingerprint density at radius 3 is 2.30 bits per heavy atom. The summed E-state index contributed by atoms with van der Waals surface area (Å²) in [4.78, 5) is 43.7. The Morgan fingerprint density at radius 1 is 0.909 bits per heavy atom. The first-order valence-corrected chi connectivity index (χ1v) is 14.1. The van der Waals surface area contributed by atoms with E-state index in [2.05, 4.69) is 25.3 Å². The van der Waals surface area contributed by atoms with Crippen LogP contribution in [-0.4, -0.2) is 35.9 Å². The number of amides is 2. The van der Waals surface area contributed by atoms with Gasteiger partial charge in [0.1, 0.15) is 5.76 Å². The Morgan fingerprint density at radius 2 is 1.64 bits per heavy atom. The monoisotopic (exact) mass is 589 g/mol. The number of carbonyl (C=O) groups is 2. The molecule has 0 fully saturated rings. The third kappa shape index (κ3) is 5.19. The van der Waals surface area contributed by atoms with Gasteiger partial charge in [0.05, 0.1) is 23.0 Å². The predicted octanol–water partition coefficient (Wildman–Crippen LogP) is 5.54. The minimum Gasteiger partial charge on any atom is -0.381 e. The first-order valence-electron chi connectivity index (χ1n) is 14.1. The topological polar surface area (TPSA) is 129 Å². The van der Waals surface area contributed by atoms with Gasteiger partial charge in [-0.25, -0.2) is 4.98 Å². The molecule has 6 aromatic rings. The molecule has 4 aromatic heterocycles. The van der Waals surface area contributed by atoms with E-state index in [1.165, 1.54) is 4.74 Å². The van der Waals surface area contributed by atoms with Crippen LogP contribution in [0.2, 0.25) is 0 Å². The van der Waals surface area contributed by atoms with Gasteiger partial charge in [-0.1, -0.05) is 30.3 Å². The van der Waals surface area contributed by atoms with Gasteiger partial charge in [-0.05, 0) is 62.2 Å². The molecular formula is C33H31N7O4. The number of rotatable bonds is 7. The highest BCUT2D eigenvalue weighted by molar-refractivity contribution is 6.12. The van der Waals surface area contributed by atoms with Gasteiger partial charge in [-0.3, -0.25) is 19.1 Å². The number of benzene rings is 2. The maximum atomic E-state index is 13.7. The summed E-state index contributed by atoms with van der Waals surface area (Å²) in [5.74, 6) is -0.140. The smallest absolute Gasteiger partial charge is 0.290 e. The number of hydrogen-bond acceptors (Lipinski definition) is 6. The molecule has 11 heteroatoms. The van der Waals surface area contributed by atoms with Crippen LogP contribution in [0.25, 0.3) is 33.3 Å². The molecule has 0 spiro atoms. The van der Waals surface area contributed by atoms with E-state index in [1.807, 2.05) is 50.2 Å². The van der Waals surface area contributed by atoms with Crippen LogP contribution in [0, 0.1) is 13.8 Å². The summed E-state index contributed by atoms with van der Waals surface area (Å²) >= 11 is 0. The third-order valence-corrected chi connectivity index (χ3v) is 7.48. The van der Waals surface area contributed by atoms with E-state index in [4.69, 9.17) is 4.52 Å². The number of anilines is 2. The zero-order valence-electron chi connectivity index (χ0n) is 25.0. The standard InChI is InChI=1S/C33H31N7O4/c1-6-40-27(21-10-12-22(13-11-21)28-20(3)44-39(5)33(28)43)16-24-14-19(2)35-29(30(24)40)32(42)36-25-9-7-8-23(15-25)31(41)37-26-17-34-38(4)18-26/h7-18H,6H2,1-5H3,(H,36,42)(H,37,41). The van der Waals surface area contributed by atoms with Crippen LogP contribution >= 0.6 is 0 Å². The fraction of sp³-hybridized carbons (Fsp3) is 0.182. The Balaban J connectivity index is 1.32. The van der Waals surface area contributed by atoms with Crippen molar-refractivity contribution in [3.63, 3.8) is 0 Å². The molecule has 0 aliphatic carbocycles. The summed E-state index contributed by atoms with van der Waals surface area (Å²) in [5.41, 5.74) is 6.10.